The molecule has 2 aliphatic heterocycles. The first-order valence-corrected chi connectivity index (χ1v) is 12.3. The lowest BCUT2D eigenvalue weighted by molar-refractivity contribution is -0.127. The van der Waals surface area contributed by atoms with Crippen LogP contribution in [0.4, 0.5) is 5.69 Å². The van der Waals surface area contributed by atoms with Crippen LogP contribution in [0.5, 0.6) is 5.75 Å². The number of carbonyl (C=O) groups is 1. The highest BCUT2D eigenvalue weighted by molar-refractivity contribution is 5.78. The Morgan fingerprint density at radius 1 is 1.12 bits per heavy atom. The lowest BCUT2D eigenvalue weighted by Gasteiger charge is -2.37. The number of fused-ring (bicyclic) bond motifs is 1. The third-order valence-electron chi connectivity index (χ3n) is 6.82. The van der Waals surface area contributed by atoms with Crippen LogP contribution in [0.2, 0.25) is 0 Å². The van der Waals surface area contributed by atoms with E-state index in [1.807, 2.05) is 18.2 Å². The summed E-state index contributed by atoms with van der Waals surface area (Å²) in [5, 5.41) is 0. The molecule has 0 aliphatic carbocycles. The van der Waals surface area contributed by atoms with Crippen LogP contribution in [0, 0.1) is 0 Å². The van der Waals surface area contributed by atoms with E-state index in [1.165, 1.54) is 16.8 Å². The molecule has 0 aromatic heterocycles. The summed E-state index contributed by atoms with van der Waals surface area (Å²) in [5.74, 6) is 1.02. The maximum absolute atomic E-state index is 11.8. The SMILES string of the molecule is COc1ccc(N2CCN(CC[C@@H]3OCCc4cc(/C=C/CC(=O)N(C)C)ccc43)CC2)cc1. The Kier molecular flexibility index (Phi) is 8.25. The molecule has 1 amide bonds. The van der Waals surface area contributed by atoms with Crippen LogP contribution >= 0.6 is 0 Å². The number of ether oxygens (including phenoxy) is 2. The zero-order valence-electron chi connectivity index (χ0n) is 20.7. The van der Waals surface area contributed by atoms with E-state index in [2.05, 4.69) is 46.2 Å². The minimum Gasteiger partial charge on any atom is -0.497 e. The fourth-order valence-electron chi connectivity index (χ4n) is 4.70. The Labute approximate surface area is 203 Å². The van der Waals surface area contributed by atoms with Gasteiger partial charge in [0.1, 0.15) is 5.75 Å². The van der Waals surface area contributed by atoms with E-state index >= 15 is 0 Å². The largest absolute Gasteiger partial charge is 0.497 e. The summed E-state index contributed by atoms with van der Waals surface area (Å²) in [7, 11) is 5.28. The van der Waals surface area contributed by atoms with Gasteiger partial charge in [0.15, 0.2) is 0 Å². The fraction of sp³-hybridized carbons (Fsp3) is 0.464. The summed E-state index contributed by atoms with van der Waals surface area (Å²) in [5.41, 5.74) is 5.12. The first kappa shape index (κ1) is 24.3. The molecule has 4 rings (SSSR count). The van der Waals surface area contributed by atoms with E-state index < -0.39 is 0 Å². The number of benzene rings is 2. The monoisotopic (exact) mass is 463 g/mol. The molecule has 1 fully saturated rings. The molecule has 0 saturated carbocycles. The molecule has 6 nitrogen and oxygen atoms in total. The molecule has 1 atom stereocenters. The normalized spacial score (nSPS) is 18.7. The van der Waals surface area contributed by atoms with Crippen LogP contribution in [0.1, 0.15) is 35.6 Å². The number of rotatable bonds is 8. The molecule has 6 heteroatoms. The van der Waals surface area contributed by atoms with Crippen molar-refractivity contribution in [2.24, 2.45) is 0 Å². The van der Waals surface area contributed by atoms with E-state index in [4.69, 9.17) is 9.47 Å². The van der Waals surface area contributed by atoms with Gasteiger partial charge in [0.25, 0.3) is 0 Å². The molecule has 0 spiro atoms. The van der Waals surface area contributed by atoms with Crippen molar-refractivity contribution >= 4 is 17.7 Å². The zero-order chi connectivity index (χ0) is 23.9. The van der Waals surface area contributed by atoms with Crippen molar-refractivity contribution in [3.63, 3.8) is 0 Å². The Morgan fingerprint density at radius 3 is 2.59 bits per heavy atom. The number of carbonyl (C=O) groups excluding carboxylic acids is 1. The van der Waals surface area contributed by atoms with Crippen LogP contribution in [-0.4, -0.2) is 76.2 Å². The van der Waals surface area contributed by atoms with Gasteiger partial charge < -0.3 is 19.3 Å². The van der Waals surface area contributed by atoms with Crippen LogP contribution in [0.15, 0.2) is 48.5 Å². The third kappa shape index (κ3) is 6.19. The lowest BCUT2D eigenvalue weighted by Crippen LogP contribution is -2.46. The van der Waals surface area contributed by atoms with Gasteiger partial charge in [-0.05, 0) is 53.8 Å². The number of nitrogens with zero attached hydrogens (tertiary/aromatic N) is 3. The molecule has 0 radical (unpaired) electrons. The van der Waals surface area contributed by atoms with Crippen molar-refractivity contribution in [2.75, 3.05) is 65.4 Å². The molecule has 2 aliphatic rings. The maximum atomic E-state index is 11.8. The van der Waals surface area contributed by atoms with Gasteiger partial charge in [0.2, 0.25) is 5.91 Å². The van der Waals surface area contributed by atoms with Gasteiger partial charge >= 0.3 is 0 Å². The van der Waals surface area contributed by atoms with Gasteiger partial charge in [-0.15, -0.1) is 0 Å². The predicted octanol–water partition coefficient (Wildman–Crippen LogP) is 4.01. The van der Waals surface area contributed by atoms with Gasteiger partial charge in [0.05, 0.1) is 19.8 Å². The second-order valence-corrected chi connectivity index (χ2v) is 9.28. The lowest BCUT2D eigenvalue weighted by atomic mass is 9.93. The van der Waals surface area contributed by atoms with Crippen LogP contribution in [-0.2, 0) is 16.0 Å². The van der Waals surface area contributed by atoms with Crippen LogP contribution in [0.3, 0.4) is 0 Å². The molecule has 1 saturated heterocycles. The fourth-order valence-corrected chi connectivity index (χ4v) is 4.70. The molecular weight excluding hydrogens is 426 g/mol. The van der Waals surface area contributed by atoms with Gasteiger partial charge in [0, 0.05) is 58.9 Å². The highest BCUT2D eigenvalue weighted by Gasteiger charge is 2.23. The molecule has 2 aromatic carbocycles. The molecular formula is C28H37N3O3. The highest BCUT2D eigenvalue weighted by atomic mass is 16.5. The quantitative estimate of drug-likeness (QED) is 0.592. The van der Waals surface area contributed by atoms with E-state index in [-0.39, 0.29) is 12.0 Å². The molecule has 2 aromatic rings. The Balaban J connectivity index is 1.27. The number of piperazine rings is 1. The summed E-state index contributed by atoms with van der Waals surface area (Å²) in [6.45, 7) is 6.05. The second-order valence-electron chi connectivity index (χ2n) is 9.28. The van der Waals surface area contributed by atoms with E-state index in [9.17, 15) is 4.79 Å². The van der Waals surface area contributed by atoms with Crippen molar-refractivity contribution < 1.29 is 14.3 Å². The number of methoxy groups -OCH3 is 1. The van der Waals surface area contributed by atoms with E-state index in [1.54, 1.807) is 26.1 Å². The van der Waals surface area contributed by atoms with Crippen molar-refractivity contribution in [3.05, 3.63) is 65.2 Å². The molecule has 2 heterocycles. The number of amides is 1. The number of hydrogen-bond donors (Lipinski definition) is 0. The minimum atomic E-state index is 0.118. The average Bonchev–Trinajstić information content (AvgIpc) is 2.87. The zero-order valence-corrected chi connectivity index (χ0v) is 20.7. The summed E-state index contributed by atoms with van der Waals surface area (Å²) in [4.78, 5) is 18.4. The van der Waals surface area contributed by atoms with Crippen molar-refractivity contribution in [1.29, 1.82) is 0 Å². The number of hydrogen-bond acceptors (Lipinski definition) is 5. The Bertz CT molecular complexity index is 979. The summed E-state index contributed by atoms with van der Waals surface area (Å²) >= 11 is 0. The third-order valence-corrected chi connectivity index (χ3v) is 6.82. The summed E-state index contributed by atoms with van der Waals surface area (Å²) < 4.78 is 11.4. The van der Waals surface area contributed by atoms with Gasteiger partial charge in [-0.25, -0.2) is 0 Å². The molecule has 0 bridgehead atoms. The highest BCUT2D eigenvalue weighted by Crippen LogP contribution is 2.31. The standard InChI is InChI=1S/C28H37N3O3/c1-29(2)28(32)6-4-5-22-7-12-26-23(21-22)14-20-34-27(26)13-15-30-16-18-31(19-17-30)24-8-10-25(33-3)11-9-24/h4-5,7-12,21,27H,6,13-20H2,1-3H3/b5-4+/t27-/m0/s1. The summed E-state index contributed by atoms with van der Waals surface area (Å²) in [6.07, 6.45) is 6.56. The predicted molar refractivity (Wildman–Crippen MR) is 137 cm³/mol. The maximum Gasteiger partial charge on any atom is 0.225 e. The first-order chi connectivity index (χ1) is 16.5. The second kappa shape index (κ2) is 11.5. The van der Waals surface area contributed by atoms with E-state index in [0.29, 0.717) is 6.42 Å². The van der Waals surface area contributed by atoms with Crippen molar-refractivity contribution in [3.8, 4) is 5.75 Å². The minimum absolute atomic E-state index is 0.118. The van der Waals surface area contributed by atoms with Gasteiger partial charge in [-0.2, -0.15) is 0 Å². The van der Waals surface area contributed by atoms with Gasteiger partial charge in [-0.1, -0.05) is 30.4 Å². The van der Waals surface area contributed by atoms with Crippen molar-refractivity contribution in [2.45, 2.75) is 25.4 Å². The van der Waals surface area contributed by atoms with Gasteiger partial charge in [-0.3, -0.25) is 9.69 Å². The van der Waals surface area contributed by atoms with Crippen molar-refractivity contribution in [1.82, 2.24) is 9.80 Å². The first-order valence-electron chi connectivity index (χ1n) is 12.3. The molecule has 34 heavy (non-hydrogen) atoms. The van der Waals surface area contributed by atoms with Crippen LogP contribution < -0.4 is 9.64 Å². The molecule has 182 valence electrons. The summed E-state index contributed by atoms with van der Waals surface area (Å²) in [6, 6.07) is 15.0. The average molecular weight is 464 g/mol. The Morgan fingerprint density at radius 2 is 1.88 bits per heavy atom. The smallest absolute Gasteiger partial charge is 0.225 e. The molecule has 0 unspecified atom stereocenters. The van der Waals surface area contributed by atoms with Crippen LogP contribution in [0.25, 0.3) is 6.08 Å². The Hall–Kier alpha value is -2.83. The number of anilines is 1. The topological polar surface area (TPSA) is 45.3 Å². The molecule has 0 N–H and O–H groups in total. The van der Waals surface area contributed by atoms with E-state index in [0.717, 1.165) is 63.5 Å².